The second kappa shape index (κ2) is 9.64. The highest BCUT2D eigenvalue weighted by Crippen LogP contribution is 2.38. The second-order valence-electron chi connectivity index (χ2n) is 7.34. The first-order valence-corrected chi connectivity index (χ1v) is 11.0. The van der Waals surface area contributed by atoms with E-state index in [1.54, 1.807) is 38.4 Å². The van der Waals surface area contributed by atoms with E-state index in [4.69, 9.17) is 27.9 Å². The number of esters is 1. The summed E-state index contributed by atoms with van der Waals surface area (Å²) in [6.07, 6.45) is 1.88. The maximum Gasteiger partial charge on any atom is 0.330 e. The molecule has 0 spiro atoms. The third-order valence-corrected chi connectivity index (χ3v) is 5.69. The number of amides is 2. The molecule has 0 saturated heterocycles. The molecule has 4 rings (SSSR count). The highest BCUT2D eigenvalue weighted by molar-refractivity contribution is 6.40. The number of fused-ring (bicyclic) bond motifs is 1. The number of benzene rings is 2. The van der Waals surface area contributed by atoms with Crippen LogP contribution in [0, 0.1) is 0 Å². The third kappa shape index (κ3) is 4.86. The van der Waals surface area contributed by atoms with Crippen LogP contribution in [0.25, 0.3) is 0 Å². The van der Waals surface area contributed by atoms with Gasteiger partial charge in [0, 0.05) is 24.5 Å². The molecule has 1 aliphatic heterocycles. The molecule has 0 radical (unpaired) electrons. The van der Waals surface area contributed by atoms with Crippen molar-refractivity contribution < 1.29 is 14.3 Å². The summed E-state index contributed by atoms with van der Waals surface area (Å²) in [7, 11) is 1.64. The largest absolute Gasteiger partial charge is 0.466 e. The van der Waals surface area contributed by atoms with Gasteiger partial charge in [-0.15, -0.1) is 0 Å². The SMILES string of the molecule is CCOC(=O)Cc1ccc(Nc2ncc3c(n2)N(C)C(=O)N(c2c(Cl)cccc2Cl)C3)cc1. The minimum atomic E-state index is -0.300. The molecule has 1 aliphatic rings. The van der Waals surface area contributed by atoms with Crippen LogP contribution in [-0.4, -0.2) is 35.6 Å². The number of carbonyl (C=O) groups excluding carboxylic acids is 2. The Kier molecular flexibility index (Phi) is 6.67. The maximum atomic E-state index is 13.1. The number of halogens is 2. The Morgan fingerprint density at radius 1 is 1.15 bits per heavy atom. The van der Waals surface area contributed by atoms with E-state index in [1.807, 2.05) is 24.3 Å². The highest BCUT2D eigenvalue weighted by atomic mass is 35.5. The van der Waals surface area contributed by atoms with Gasteiger partial charge in [0.05, 0.1) is 35.3 Å². The highest BCUT2D eigenvalue weighted by Gasteiger charge is 2.32. The summed E-state index contributed by atoms with van der Waals surface area (Å²) in [6, 6.07) is 12.1. The molecule has 2 aromatic carbocycles. The molecule has 2 heterocycles. The number of anilines is 4. The molecule has 1 aromatic heterocycles. The molecule has 1 N–H and O–H groups in total. The number of nitrogens with zero attached hydrogens (tertiary/aromatic N) is 4. The smallest absolute Gasteiger partial charge is 0.330 e. The fourth-order valence-corrected chi connectivity index (χ4v) is 4.11. The molecule has 3 aromatic rings. The summed E-state index contributed by atoms with van der Waals surface area (Å²) in [5, 5.41) is 3.90. The number of rotatable bonds is 6. The van der Waals surface area contributed by atoms with Crippen LogP contribution in [0.5, 0.6) is 0 Å². The standard InChI is InChI=1S/C23H21Cl2N5O3/c1-3-33-19(31)11-14-7-9-16(10-8-14)27-22-26-12-15-13-30(23(32)29(2)21(15)28-22)20-17(24)5-4-6-18(20)25/h4-10,12H,3,11,13H2,1-2H3,(H,26,27,28). The van der Waals surface area contributed by atoms with Gasteiger partial charge in [-0.05, 0) is 36.8 Å². The van der Waals surface area contributed by atoms with E-state index in [2.05, 4.69) is 15.3 Å². The van der Waals surface area contributed by atoms with E-state index in [1.165, 1.54) is 9.80 Å². The molecule has 170 valence electrons. The normalized spacial score (nSPS) is 13.0. The number of aromatic nitrogens is 2. The van der Waals surface area contributed by atoms with Gasteiger partial charge in [-0.2, -0.15) is 4.98 Å². The summed E-state index contributed by atoms with van der Waals surface area (Å²) < 4.78 is 4.97. The van der Waals surface area contributed by atoms with E-state index < -0.39 is 0 Å². The predicted octanol–water partition coefficient (Wildman–Crippen LogP) is 5.21. The fourth-order valence-electron chi connectivity index (χ4n) is 3.50. The molecule has 10 heteroatoms. The zero-order valence-corrected chi connectivity index (χ0v) is 19.5. The number of para-hydroxylation sites is 1. The third-order valence-electron chi connectivity index (χ3n) is 5.08. The Morgan fingerprint density at radius 3 is 2.52 bits per heavy atom. The van der Waals surface area contributed by atoms with Crippen molar-refractivity contribution in [2.45, 2.75) is 19.9 Å². The number of nitrogens with one attached hydrogen (secondary N) is 1. The summed E-state index contributed by atoms with van der Waals surface area (Å²) in [5.41, 5.74) is 2.79. The molecule has 8 nitrogen and oxygen atoms in total. The Bertz CT molecular complexity index is 1180. The van der Waals surface area contributed by atoms with Crippen molar-refractivity contribution in [2.24, 2.45) is 0 Å². The van der Waals surface area contributed by atoms with Crippen LogP contribution >= 0.6 is 23.2 Å². The van der Waals surface area contributed by atoms with Gasteiger partial charge in [-0.1, -0.05) is 41.4 Å². The van der Waals surface area contributed by atoms with Crippen LogP contribution in [0.15, 0.2) is 48.7 Å². The molecule has 0 unspecified atom stereocenters. The van der Waals surface area contributed by atoms with Gasteiger partial charge in [-0.25, -0.2) is 9.78 Å². The quantitative estimate of drug-likeness (QED) is 0.482. The minimum absolute atomic E-state index is 0.211. The minimum Gasteiger partial charge on any atom is -0.466 e. The summed E-state index contributed by atoms with van der Waals surface area (Å²) in [6.45, 7) is 2.37. The Morgan fingerprint density at radius 2 is 1.85 bits per heavy atom. The lowest BCUT2D eigenvalue weighted by Crippen LogP contribution is -2.46. The first-order valence-electron chi connectivity index (χ1n) is 10.2. The summed E-state index contributed by atoms with van der Waals surface area (Å²) in [5.74, 6) is 0.572. The zero-order valence-electron chi connectivity index (χ0n) is 18.0. The van der Waals surface area contributed by atoms with Crippen molar-refractivity contribution in [1.29, 1.82) is 0 Å². The molecular formula is C23H21Cl2N5O3. The first kappa shape index (κ1) is 22.8. The molecule has 0 fully saturated rings. The predicted molar refractivity (Wildman–Crippen MR) is 129 cm³/mol. The molecule has 33 heavy (non-hydrogen) atoms. The van der Waals surface area contributed by atoms with E-state index >= 15 is 0 Å². The van der Waals surface area contributed by atoms with E-state index in [0.29, 0.717) is 34.1 Å². The lowest BCUT2D eigenvalue weighted by atomic mass is 10.1. The van der Waals surface area contributed by atoms with Crippen LogP contribution in [0.2, 0.25) is 10.0 Å². The van der Waals surface area contributed by atoms with Gasteiger partial charge in [-0.3, -0.25) is 14.6 Å². The molecule has 0 bridgehead atoms. The summed E-state index contributed by atoms with van der Waals surface area (Å²) >= 11 is 12.6. The van der Waals surface area contributed by atoms with E-state index in [-0.39, 0.29) is 25.0 Å². The van der Waals surface area contributed by atoms with Crippen molar-refractivity contribution >= 4 is 58.3 Å². The second-order valence-corrected chi connectivity index (χ2v) is 8.16. The number of ether oxygens (including phenoxy) is 1. The van der Waals surface area contributed by atoms with E-state index in [9.17, 15) is 9.59 Å². The van der Waals surface area contributed by atoms with Crippen LogP contribution in [0.1, 0.15) is 18.1 Å². The van der Waals surface area contributed by atoms with Crippen LogP contribution in [0.4, 0.5) is 27.9 Å². The van der Waals surface area contributed by atoms with Gasteiger partial charge in [0.15, 0.2) is 0 Å². The van der Waals surface area contributed by atoms with E-state index in [0.717, 1.165) is 16.8 Å². The lowest BCUT2D eigenvalue weighted by molar-refractivity contribution is -0.142. The van der Waals surface area contributed by atoms with Crippen LogP contribution in [-0.2, 0) is 22.5 Å². The van der Waals surface area contributed by atoms with Crippen molar-refractivity contribution in [3.63, 3.8) is 0 Å². The maximum absolute atomic E-state index is 13.1. The van der Waals surface area contributed by atoms with Crippen molar-refractivity contribution in [3.05, 3.63) is 69.8 Å². The Hall–Kier alpha value is -3.36. The van der Waals surface area contributed by atoms with Gasteiger partial charge in [0.1, 0.15) is 5.82 Å². The fraction of sp³-hybridized carbons (Fsp3) is 0.217. The van der Waals surface area contributed by atoms with Crippen molar-refractivity contribution in [2.75, 3.05) is 28.8 Å². The zero-order chi connectivity index (χ0) is 23.5. The lowest BCUT2D eigenvalue weighted by Gasteiger charge is -2.34. The topological polar surface area (TPSA) is 87.7 Å². The average molecular weight is 486 g/mol. The average Bonchev–Trinajstić information content (AvgIpc) is 2.79. The van der Waals surface area contributed by atoms with Crippen LogP contribution < -0.4 is 15.1 Å². The number of hydrogen-bond donors (Lipinski definition) is 1. The van der Waals surface area contributed by atoms with Crippen molar-refractivity contribution in [3.8, 4) is 0 Å². The number of urea groups is 1. The van der Waals surface area contributed by atoms with Gasteiger partial charge >= 0.3 is 12.0 Å². The van der Waals surface area contributed by atoms with Crippen LogP contribution in [0.3, 0.4) is 0 Å². The molecular weight excluding hydrogens is 465 g/mol. The molecule has 0 aliphatic carbocycles. The molecule has 2 amide bonds. The molecule has 0 saturated carbocycles. The van der Waals surface area contributed by atoms with Crippen molar-refractivity contribution in [1.82, 2.24) is 9.97 Å². The monoisotopic (exact) mass is 485 g/mol. The summed E-state index contributed by atoms with van der Waals surface area (Å²) in [4.78, 5) is 36.5. The molecule has 0 atom stereocenters. The Balaban J connectivity index is 1.52. The first-order chi connectivity index (χ1) is 15.9. The van der Waals surface area contributed by atoms with Gasteiger partial charge < -0.3 is 10.1 Å². The Labute approximate surface area is 201 Å². The number of hydrogen-bond acceptors (Lipinski definition) is 6. The number of carbonyl (C=O) groups is 2. The van der Waals surface area contributed by atoms with Gasteiger partial charge in [0.25, 0.3) is 0 Å². The van der Waals surface area contributed by atoms with Gasteiger partial charge in [0.2, 0.25) is 5.95 Å².